The Bertz CT molecular complexity index is 890. The molecule has 1 fully saturated rings. The molecule has 7 heteroatoms. The average molecular weight is 380 g/mol. The summed E-state index contributed by atoms with van der Waals surface area (Å²) in [6, 6.07) is 6.65. The first-order chi connectivity index (χ1) is 12.2. The normalized spacial score (nSPS) is 20.6. The minimum absolute atomic E-state index is 0.0627. The number of nitrogens with zero attached hydrogens (tertiary/aromatic N) is 3. The molecule has 1 aliphatic heterocycles. The molecule has 0 unspecified atom stereocenters. The summed E-state index contributed by atoms with van der Waals surface area (Å²) in [4.78, 5) is 2.19. The maximum Gasteiger partial charge on any atom is 0.152 e. The minimum Gasteiger partial charge on any atom is -0.295 e. The molecule has 0 radical (unpaired) electrons. The molecule has 1 aliphatic rings. The van der Waals surface area contributed by atoms with Crippen molar-refractivity contribution >= 4 is 9.84 Å². The molecule has 142 valence electrons. The van der Waals surface area contributed by atoms with E-state index in [-0.39, 0.29) is 29.4 Å². The number of hydrogen-bond acceptors (Lipinski definition) is 4. The number of sulfone groups is 1. The summed E-state index contributed by atoms with van der Waals surface area (Å²) in [5.74, 6) is 0.186. The van der Waals surface area contributed by atoms with Gasteiger partial charge in [0, 0.05) is 23.8 Å². The van der Waals surface area contributed by atoms with Crippen molar-refractivity contribution in [2.24, 2.45) is 0 Å². The van der Waals surface area contributed by atoms with Gasteiger partial charge in [0.05, 0.1) is 23.2 Å². The van der Waals surface area contributed by atoms with Gasteiger partial charge in [0.15, 0.2) is 9.84 Å². The second kappa shape index (κ2) is 7.12. The fourth-order valence-corrected chi connectivity index (χ4v) is 5.32. The zero-order valence-corrected chi connectivity index (χ0v) is 16.6. The Labute approximate surface area is 154 Å². The van der Waals surface area contributed by atoms with Crippen LogP contribution in [0.4, 0.5) is 4.39 Å². The molecule has 1 aromatic heterocycles. The van der Waals surface area contributed by atoms with Crippen molar-refractivity contribution < 1.29 is 12.8 Å². The van der Waals surface area contributed by atoms with Crippen LogP contribution in [0.5, 0.6) is 0 Å². The summed E-state index contributed by atoms with van der Waals surface area (Å²) in [5, 5.41) is 4.63. The molecule has 0 aliphatic carbocycles. The van der Waals surface area contributed by atoms with Gasteiger partial charge in [-0.1, -0.05) is 12.1 Å². The Hall–Kier alpha value is -1.73. The lowest BCUT2D eigenvalue weighted by Gasteiger charge is -2.25. The molecular formula is C19H26FN3O2S. The number of aryl methyl sites for hydroxylation is 1. The Morgan fingerprint density at radius 2 is 1.96 bits per heavy atom. The molecule has 2 aromatic rings. The fourth-order valence-electron chi connectivity index (χ4n) is 3.63. The van der Waals surface area contributed by atoms with Crippen LogP contribution in [-0.4, -0.2) is 41.7 Å². The standard InChI is InChI=1S/C19H26FN3O2S/c1-13-19(11-22(4)14(2)16-5-7-17(20)8-6-16)15(3)23(21-13)18-9-10-26(24,25)12-18/h5-8,14,18H,9-12H2,1-4H3/t14-,18-/m0/s1. The molecule has 0 bridgehead atoms. The van der Waals surface area contributed by atoms with E-state index < -0.39 is 9.84 Å². The Kier molecular flexibility index (Phi) is 5.21. The highest BCUT2D eigenvalue weighted by Gasteiger charge is 2.31. The van der Waals surface area contributed by atoms with E-state index >= 15 is 0 Å². The third-order valence-corrected chi connectivity index (χ3v) is 7.20. The van der Waals surface area contributed by atoms with Crippen LogP contribution in [0, 0.1) is 19.7 Å². The molecule has 0 spiro atoms. The van der Waals surface area contributed by atoms with Crippen LogP contribution in [0.3, 0.4) is 0 Å². The van der Waals surface area contributed by atoms with Crippen LogP contribution in [0.25, 0.3) is 0 Å². The van der Waals surface area contributed by atoms with Crippen LogP contribution >= 0.6 is 0 Å². The van der Waals surface area contributed by atoms with Gasteiger partial charge in [-0.15, -0.1) is 0 Å². The van der Waals surface area contributed by atoms with Crippen molar-refractivity contribution in [1.29, 1.82) is 0 Å². The van der Waals surface area contributed by atoms with E-state index in [0.29, 0.717) is 13.0 Å². The first kappa shape index (κ1) is 19.0. The zero-order chi connectivity index (χ0) is 19.1. The lowest BCUT2D eigenvalue weighted by Crippen LogP contribution is -2.22. The zero-order valence-electron chi connectivity index (χ0n) is 15.7. The number of aromatic nitrogens is 2. The SMILES string of the molecule is Cc1nn([C@H]2CCS(=O)(=O)C2)c(C)c1CN(C)[C@@H](C)c1ccc(F)cc1. The van der Waals surface area contributed by atoms with Crippen molar-refractivity contribution in [2.75, 3.05) is 18.6 Å². The van der Waals surface area contributed by atoms with Gasteiger partial charge >= 0.3 is 0 Å². The largest absolute Gasteiger partial charge is 0.295 e. The summed E-state index contributed by atoms with van der Waals surface area (Å²) in [5.41, 5.74) is 4.15. The van der Waals surface area contributed by atoms with E-state index in [1.165, 1.54) is 12.1 Å². The van der Waals surface area contributed by atoms with Gasteiger partial charge < -0.3 is 0 Å². The average Bonchev–Trinajstić information content (AvgIpc) is 3.08. The molecule has 2 heterocycles. The van der Waals surface area contributed by atoms with Gasteiger partial charge in [0.2, 0.25) is 0 Å². The lowest BCUT2D eigenvalue weighted by atomic mass is 10.1. The Morgan fingerprint density at radius 1 is 1.31 bits per heavy atom. The van der Waals surface area contributed by atoms with Crippen molar-refractivity contribution in [3.8, 4) is 0 Å². The molecule has 0 amide bonds. The van der Waals surface area contributed by atoms with E-state index in [9.17, 15) is 12.8 Å². The quantitative estimate of drug-likeness (QED) is 0.801. The van der Waals surface area contributed by atoms with Crippen LogP contribution in [0.2, 0.25) is 0 Å². The van der Waals surface area contributed by atoms with Gasteiger partial charge in [0.1, 0.15) is 5.82 Å². The van der Waals surface area contributed by atoms with Crippen LogP contribution in [-0.2, 0) is 16.4 Å². The van der Waals surface area contributed by atoms with Crippen molar-refractivity contribution in [3.05, 3.63) is 52.6 Å². The van der Waals surface area contributed by atoms with Gasteiger partial charge in [-0.05, 0) is 51.9 Å². The third-order valence-electron chi connectivity index (χ3n) is 5.45. The van der Waals surface area contributed by atoms with Crippen LogP contribution in [0.15, 0.2) is 24.3 Å². The summed E-state index contributed by atoms with van der Waals surface area (Å²) in [7, 11) is -0.910. The molecule has 5 nitrogen and oxygen atoms in total. The van der Waals surface area contributed by atoms with Crippen LogP contribution < -0.4 is 0 Å². The highest BCUT2D eigenvalue weighted by atomic mass is 32.2. The highest BCUT2D eigenvalue weighted by Crippen LogP contribution is 2.28. The monoisotopic (exact) mass is 379 g/mol. The van der Waals surface area contributed by atoms with E-state index in [4.69, 9.17) is 0 Å². The summed E-state index contributed by atoms with van der Waals surface area (Å²) < 4.78 is 38.6. The first-order valence-corrected chi connectivity index (χ1v) is 10.7. The van der Waals surface area contributed by atoms with Gasteiger partial charge in [-0.2, -0.15) is 5.10 Å². The molecule has 0 N–H and O–H groups in total. The van der Waals surface area contributed by atoms with E-state index in [1.807, 2.05) is 37.7 Å². The number of halogens is 1. The summed E-state index contributed by atoms with van der Waals surface area (Å²) >= 11 is 0. The maximum atomic E-state index is 13.1. The number of benzene rings is 1. The van der Waals surface area contributed by atoms with Gasteiger partial charge in [-0.3, -0.25) is 9.58 Å². The predicted octanol–water partition coefficient (Wildman–Crippen LogP) is 3.19. The summed E-state index contributed by atoms with van der Waals surface area (Å²) in [6.45, 7) is 6.77. The van der Waals surface area contributed by atoms with E-state index in [2.05, 4.69) is 16.9 Å². The third kappa shape index (κ3) is 3.83. The van der Waals surface area contributed by atoms with Gasteiger partial charge in [-0.25, -0.2) is 12.8 Å². The molecule has 2 atom stereocenters. The van der Waals surface area contributed by atoms with Crippen molar-refractivity contribution in [2.45, 2.75) is 45.8 Å². The molecular weight excluding hydrogens is 353 g/mol. The molecule has 1 aromatic carbocycles. The van der Waals surface area contributed by atoms with Crippen molar-refractivity contribution in [1.82, 2.24) is 14.7 Å². The van der Waals surface area contributed by atoms with E-state index in [1.54, 1.807) is 0 Å². The number of hydrogen-bond donors (Lipinski definition) is 0. The lowest BCUT2D eigenvalue weighted by molar-refractivity contribution is 0.252. The van der Waals surface area contributed by atoms with Crippen molar-refractivity contribution in [3.63, 3.8) is 0 Å². The predicted molar refractivity (Wildman–Crippen MR) is 100 cm³/mol. The molecule has 1 saturated heterocycles. The Morgan fingerprint density at radius 3 is 2.54 bits per heavy atom. The van der Waals surface area contributed by atoms with Crippen LogP contribution in [0.1, 0.15) is 47.9 Å². The Balaban J connectivity index is 1.78. The highest BCUT2D eigenvalue weighted by molar-refractivity contribution is 7.91. The topological polar surface area (TPSA) is 55.2 Å². The number of rotatable bonds is 5. The fraction of sp³-hybridized carbons (Fsp3) is 0.526. The second-order valence-corrected chi connectivity index (χ2v) is 9.52. The first-order valence-electron chi connectivity index (χ1n) is 8.88. The molecule has 26 heavy (non-hydrogen) atoms. The van der Waals surface area contributed by atoms with E-state index in [0.717, 1.165) is 22.5 Å². The molecule has 0 saturated carbocycles. The summed E-state index contributed by atoms with van der Waals surface area (Å²) in [6.07, 6.45) is 0.631. The maximum absolute atomic E-state index is 13.1. The molecule has 3 rings (SSSR count). The minimum atomic E-state index is -2.94. The van der Waals surface area contributed by atoms with Gasteiger partial charge in [0.25, 0.3) is 0 Å². The smallest absolute Gasteiger partial charge is 0.152 e. The second-order valence-electron chi connectivity index (χ2n) is 7.29.